The van der Waals surface area contributed by atoms with E-state index in [4.69, 9.17) is 0 Å². The fourth-order valence-corrected chi connectivity index (χ4v) is 0.426. The molecule has 0 aliphatic rings. The van der Waals surface area contributed by atoms with Gasteiger partial charge in [-0.25, -0.2) is 0 Å². The van der Waals surface area contributed by atoms with Crippen molar-refractivity contribution in [3.8, 4) is 0 Å². The van der Waals surface area contributed by atoms with Crippen molar-refractivity contribution in [3.63, 3.8) is 0 Å². The molecule has 0 bridgehead atoms. The minimum absolute atomic E-state index is 1.26. The van der Waals surface area contributed by atoms with Gasteiger partial charge in [-0.3, -0.25) is 4.98 Å². The molecule has 0 aliphatic carbocycles. The van der Waals surface area contributed by atoms with Gasteiger partial charge in [0, 0.05) is 12.4 Å². The molecule has 0 aromatic carbocycles. The predicted molar refractivity (Wildman–Crippen MR) is 44.0 cm³/mol. The van der Waals surface area contributed by atoms with E-state index in [1.165, 1.54) is 5.56 Å². The van der Waals surface area contributed by atoms with Gasteiger partial charge in [-0.05, 0) is 38.7 Å². The molecule has 56 valence electrons. The third-order valence-corrected chi connectivity index (χ3v) is 0.847. The Morgan fingerprint density at radius 1 is 1.20 bits per heavy atom. The van der Waals surface area contributed by atoms with Crippen molar-refractivity contribution >= 4 is 0 Å². The maximum absolute atomic E-state index is 3.85. The van der Waals surface area contributed by atoms with Crippen LogP contribution in [-0.2, 0) is 0 Å². The molecule has 2 nitrogen and oxygen atoms in total. The molecular formula is C8H14N2. The molecule has 0 aliphatic heterocycles. The fourth-order valence-electron chi connectivity index (χ4n) is 0.426. The second-order valence-corrected chi connectivity index (χ2v) is 2.02. The Morgan fingerprint density at radius 3 is 1.80 bits per heavy atom. The number of pyridine rings is 1. The van der Waals surface area contributed by atoms with Crippen LogP contribution in [0, 0.1) is 6.92 Å². The van der Waals surface area contributed by atoms with Gasteiger partial charge in [0.15, 0.2) is 0 Å². The SMILES string of the molecule is CNC.Cc1ccncc1. The number of nitrogens with one attached hydrogen (secondary N) is 1. The number of rotatable bonds is 0. The Hall–Kier alpha value is -0.890. The summed E-state index contributed by atoms with van der Waals surface area (Å²) in [6.45, 7) is 2.04. The van der Waals surface area contributed by atoms with E-state index in [1.807, 2.05) is 33.2 Å². The number of hydrogen-bond acceptors (Lipinski definition) is 2. The Balaban J connectivity index is 0.000000236. The summed E-state index contributed by atoms with van der Waals surface area (Å²) in [6, 6.07) is 3.94. The van der Waals surface area contributed by atoms with Gasteiger partial charge in [-0.15, -0.1) is 0 Å². The number of aryl methyl sites for hydroxylation is 1. The molecule has 10 heavy (non-hydrogen) atoms. The molecule has 1 N–H and O–H groups in total. The number of hydrogen-bond donors (Lipinski definition) is 1. The van der Waals surface area contributed by atoms with Crippen LogP contribution in [0.5, 0.6) is 0 Å². The zero-order chi connectivity index (χ0) is 7.82. The normalized spacial score (nSPS) is 7.90. The first-order chi connectivity index (χ1) is 4.81. The van der Waals surface area contributed by atoms with Gasteiger partial charge in [0.1, 0.15) is 0 Å². The summed E-state index contributed by atoms with van der Waals surface area (Å²) in [4.78, 5) is 3.85. The van der Waals surface area contributed by atoms with Gasteiger partial charge >= 0.3 is 0 Å². The van der Waals surface area contributed by atoms with Crippen LogP contribution in [0.25, 0.3) is 0 Å². The topological polar surface area (TPSA) is 24.9 Å². The van der Waals surface area contributed by atoms with Gasteiger partial charge in [0.25, 0.3) is 0 Å². The van der Waals surface area contributed by atoms with E-state index in [1.54, 1.807) is 12.4 Å². The maximum Gasteiger partial charge on any atom is 0.0270 e. The van der Waals surface area contributed by atoms with Crippen molar-refractivity contribution in [2.45, 2.75) is 6.92 Å². The number of nitrogens with zero attached hydrogens (tertiary/aromatic N) is 1. The molecule has 0 atom stereocenters. The van der Waals surface area contributed by atoms with E-state index in [0.29, 0.717) is 0 Å². The molecular weight excluding hydrogens is 124 g/mol. The van der Waals surface area contributed by atoms with Crippen molar-refractivity contribution in [3.05, 3.63) is 30.1 Å². The second-order valence-electron chi connectivity index (χ2n) is 2.02. The molecule has 0 fully saturated rings. The summed E-state index contributed by atoms with van der Waals surface area (Å²) in [5.41, 5.74) is 1.26. The summed E-state index contributed by atoms with van der Waals surface area (Å²) in [6.07, 6.45) is 3.57. The van der Waals surface area contributed by atoms with Crippen LogP contribution in [0.4, 0.5) is 0 Å². The van der Waals surface area contributed by atoms with Crippen LogP contribution in [0.3, 0.4) is 0 Å². The third kappa shape index (κ3) is 5.25. The first kappa shape index (κ1) is 9.11. The van der Waals surface area contributed by atoms with Crippen LogP contribution < -0.4 is 5.32 Å². The molecule has 1 aromatic rings. The fraction of sp³-hybridized carbons (Fsp3) is 0.375. The highest BCUT2D eigenvalue weighted by atomic mass is 14.7. The van der Waals surface area contributed by atoms with Crippen LogP contribution in [0.2, 0.25) is 0 Å². The summed E-state index contributed by atoms with van der Waals surface area (Å²) in [7, 11) is 3.75. The Bertz CT molecular complexity index is 149. The zero-order valence-corrected chi connectivity index (χ0v) is 6.76. The molecule has 0 saturated carbocycles. The summed E-state index contributed by atoms with van der Waals surface area (Å²) in [5.74, 6) is 0. The van der Waals surface area contributed by atoms with Gasteiger partial charge in [0.2, 0.25) is 0 Å². The first-order valence-electron chi connectivity index (χ1n) is 3.26. The Morgan fingerprint density at radius 2 is 1.60 bits per heavy atom. The van der Waals surface area contributed by atoms with E-state index in [9.17, 15) is 0 Å². The lowest BCUT2D eigenvalue weighted by molar-refractivity contribution is 1.02. The van der Waals surface area contributed by atoms with Crippen LogP contribution >= 0.6 is 0 Å². The van der Waals surface area contributed by atoms with Crippen LogP contribution in [0.15, 0.2) is 24.5 Å². The molecule has 0 unspecified atom stereocenters. The van der Waals surface area contributed by atoms with Crippen molar-refractivity contribution in [2.24, 2.45) is 0 Å². The highest BCUT2D eigenvalue weighted by Crippen LogP contribution is 1.88. The lowest BCUT2D eigenvalue weighted by Gasteiger charge is -1.82. The van der Waals surface area contributed by atoms with E-state index in [0.717, 1.165) is 0 Å². The largest absolute Gasteiger partial charge is 0.323 e. The molecule has 0 saturated heterocycles. The lowest BCUT2D eigenvalue weighted by atomic mass is 10.3. The molecule has 0 radical (unpaired) electrons. The summed E-state index contributed by atoms with van der Waals surface area (Å²) in [5, 5.41) is 2.75. The Labute approximate surface area is 62.3 Å². The predicted octanol–water partition coefficient (Wildman–Crippen LogP) is 1.23. The van der Waals surface area contributed by atoms with Gasteiger partial charge < -0.3 is 5.32 Å². The smallest absolute Gasteiger partial charge is 0.0270 e. The van der Waals surface area contributed by atoms with Gasteiger partial charge in [0.05, 0.1) is 0 Å². The Kier molecular flexibility index (Phi) is 5.68. The number of aromatic nitrogens is 1. The van der Waals surface area contributed by atoms with Crippen LogP contribution in [0.1, 0.15) is 5.56 Å². The van der Waals surface area contributed by atoms with E-state index in [-0.39, 0.29) is 0 Å². The monoisotopic (exact) mass is 138 g/mol. The van der Waals surface area contributed by atoms with Gasteiger partial charge in [-0.2, -0.15) is 0 Å². The van der Waals surface area contributed by atoms with Crippen molar-refractivity contribution in [1.29, 1.82) is 0 Å². The first-order valence-corrected chi connectivity index (χ1v) is 3.26. The van der Waals surface area contributed by atoms with E-state index < -0.39 is 0 Å². The molecule has 0 spiro atoms. The molecule has 0 amide bonds. The van der Waals surface area contributed by atoms with Crippen LogP contribution in [-0.4, -0.2) is 19.1 Å². The molecule has 2 heteroatoms. The van der Waals surface area contributed by atoms with E-state index in [2.05, 4.69) is 10.3 Å². The minimum Gasteiger partial charge on any atom is -0.323 e. The average Bonchev–Trinajstić information content (AvgIpc) is 1.91. The maximum atomic E-state index is 3.85. The molecule has 1 aromatic heterocycles. The standard InChI is InChI=1S/C6H7N.C2H7N/c1-6-2-4-7-5-3-6;1-3-2/h2-5H,1H3;3H,1-2H3. The quantitative estimate of drug-likeness (QED) is 0.583. The third-order valence-electron chi connectivity index (χ3n) is 0.847. The highest BCUT2D eigenvalue weighted by molar-refractivity contribution is 5.05. The van der Waals surface area contributed by atoms with Gasteiger partial charge in [-0.1, -0.05) is 0 Å². The highest BCUT2D eigenvalue weighted by Gasteiger charge is 1.72. The zero-order valence-electron chi connectivity index (χ0n) is 6.76. The average molecular weight is 138 g/mol. The molecule has 1 rings (SSSR count). The van der Waals surface area contributed by atoms with Crippen molar-refractivity contribution in [2.75, 3.05) is 14.1 Å². The van der Waals surface area contributed by atoms with Crippen molar-refractivity contribution < 1.29 is 0 Å². The summed E-state index contributed by atoms with van der Waals surface area (Å²) < 4.78 is 0. The molecule has 1 heterocycles. The second kappa shape index (κ2) is 6.23. The van der Waals surface area contributed by atoms with E-state index >= 15 is 0 Å². The van der Waals surface area contributed by atoms with Crippen molar-refractivity contribution in [1.82, 2.24) is 10.3 Å². The lowest BCUT2D eigenvalue weighted by Crippen LogP contribution is -1.89. The minimum atomic E-state index is 1.26. The summed E-state index contributed by atoms with van der Waals surface area (Å²) >= 11 is 0.